The number of carbonyl (C=O) groups is 1. The second kappa shape index (κ2) is 11.7. The van der Waals surface area contributed by atoms with E-state index in [2.05, 4.69) is 31.3 Å². The van der Waals surface area contributed by atoms with Crippen molar-refractivity contribution in [2.24, 2.45) is 5.92 Å². The molecule has 8 atom stereocenters. The van der Waals surface area contributed by atoms with Gasteiger partial charge in [0, 0.05) is 18.1 Å². The summed E-state index contributed by atoms with van der Waals surface area (Å²) in [6.45, 7) is 4.27. The number of hydrogen-bond donors (Lipinski definition) is 5. The summed E-state index contributed by atoms with van der Waals surface area (Å²) >= 11 is -1.34. The molecule has 1 aliphatic heterocycles. The molecule has 9 heteroatoms. The van der Waals surface area contributed by atoms with E-state index in [-0.39, 0.29) is 18.0 Å². The fourth-order valence-electron chi connectivity index (χ4n) is 5.46. The first-order valence-corrected chi connectivity index (χ1v) is 14.3. The summed E-state index contributed by atoms with van der Waals surface area (Å²) in [5.74, 6) is -1.77. The zero-order valence-electron chi connectivity index (χ0n) is 21.2. The highest BCUT2D eigenvalue weighted by molar-refractivity contribution is 7.91. The van der Waals surface area contributed by atoms with Gasteiger partial charge in [-0.05, 0) is 41.7 Å². The van der Waals surface area contributed by atoms with Gasteiger partial charge in [0.25, 0.3) is 0 Å². The van der Waals surface area contributed by atoms with Gasteiger partial charge in [-0.15, -0.1) is 0 Å². The number of nitrogens with one attached hydrogen (secondary N) is 1. The molecule has 3 unspecified atom stereocenters. The monoisotopic (exact) mass is 531 g/mol. The highest BCUT2D eigenvalue weighted by Gasteiger charge is 2.47. The zero-order valence-corrected chi connectivity index (χ0v) is 22.1. The molecular weight excluding hydrogens is 494 g/mol. The molecule has 4 rings (SSSR count). The molecule has 8 nitrogen and oxygen atoms in total. The molecule has 0 bridgehead atoms. The number of aliphatic hydroxyl groups is 3. The molecule has 2 aliphatic rings. The normalized spacial score (nSPS) is 33.8. The Morgan fingerprint density at radius 3 is 2.49 bits per heavy atom. The Bertz CT molecular complexity index is 1070. The van der Waals surface area contributed by atoms with Crippen LogP contribution < -0.4 is 10.1 Å². The first kappa shape index (κ1) is 27.9. The van der Waals surface area contributed by atoms with Gasteiger partial charge < -0.3 is 29.7 Å². The van der Waals surface area contributed by atoms with Crippen molar-refractivity contribution >= 4 is 17.1 Å². The number of rotatable bonds is 8. The molecule has 0 radical (unpaired) electrons. The summed E-state index contributed by atoms with van der Waals surface area (Å²) in [7, 11) is 0. The Morgan fingerprint density at radius 2 is 1.84 bits per heavy atom. The molecule has 0 saturated heterocycles. The van der Waals surface area contributed by atoms with Crippen LogP contribution in [-0.4, -0.2) is 66.7 Å². The summed E-state index contributed by atoms with van der Waals surface area (Å²) in [5.41, 5.74) is 1.64. The Labute approximate surface area is 220 Å². The summed E-state index contributed by atoms with van der Waals surface area (Å²) in [6.07, 6.45) is -2.13. The van der Waals surface area contributed by atoms with Gasteiger partial charge in [0.05, 0.1) is 23.6 Å². The maximum atomic E-state index is 13.8. The molecule has 2 aromatic carbocycles. The van der Waals surface area contributed by atoms with Crippen LogP contribution in [0.25, 0.3) is 0 Å². The number of hydrogen-bond acceptors (Lipinski definition) is 7. The maximum Gasteiger partial charge on any atom is 0.309 e. The molecule has 1 aliphatic carbocycles. The van der Waals surface area contributed by atoms with Crippen molar-refractivity contribution in [3.8, 4) is 5.75 Å². The zero-order chi connectivity index (χ0) is 26.7. The first-order chi connectivity index (χ1) is 17.7. The van der Waals surface area contributed by atoms with E-state index in [1.165, 1.54) is 0 Å². The number of carboxylic acid groups (broad SMARTS) is 1. The third kappa shape index (κ3) is 5.82. The number of benzene rings is 2. The molecule has 1 saturated carbocycles. The standard InChI is InChI=1S/C28H37NO7S/c1-3-5-13-28(4-2)16-37(35)22-14-18(11-12-19(22)23(29-28)17-9-7-6-8-10-17)36-21-15-20(27(33)34)24(30)26(32)25(21)31/h6-12,14,20-21,23-26,29-32H,3-5,13,15-16H2,1-2H3,(H,33,34)/t20-,21+,23?,24+,25-,26-,28?,37?/m0/s1. The van der Waals surface area contributed by atoms with E-state index in [0.29, 0.717) is 16.4 Å². The highest BCUT2D eigenvalue weighted by Crippen LogP contribution is 2.40. The molecule has 1 heterocycles. The molecule has 202 valence electrons. The Kier molecular flexibility index (Phi) is 8.83. The maximum absolute atomic E-state index is 13.8. The SMILES string of the molecule is CCCCC1(CC)C[S+]([O-])c2cc(O[C@@H]3C[C@H](C(=O)O)[C@@H](O)[C@H](O)[C@H]3O)ccc2C(c2ccccc2)N1. The quantitative estimate of drug-likeness (QED) is 0.327. The van der Waals surface area contributed by atoms with Crippen LogP contribution in [0.3, 0.4) is 0 Å². The molecular formula is C28H37NO7S. The van der Waals surface area contributed by atoms with E-state index in [4.69, 9.17) is 4.74 Å². The fraction of sp³-hybridized carbons (Fsp3) is 0.536. The summed E-state index contributed by atoms with van der Waals surface area (Å²) in [4.78, 5) is 12.2. The topological polar surface area (TPSA) is 142 Å². The number of aliphatic hydroxyl groups excluding tert-OH is 3. The van der Waals surface area contributed by atoms with Crippen molar-refractivity contribution in [2.75, 3.05) is 5.75 Å². The van der Waals surface area contributed by atoms with Crippen LogP contribution in [0.15, 0.2) is 53.4 Å². The largest absolute Gasteiger partial charge is 0.611 e. The lowest BCUT2D eigenvalue weighted by Gasteiger charge is -2.38. The fourth-order valence-corrected chi connectivity index (χ4v) is 7.24. The number of fused-ring (bicyclic) bond motifs is 1. The number of ether oxygens (including phenoxy) is 1. The van der Waals surface area contributed by atoms with Crippen molar-refractivity contribution in [3.05, 3.63) is 59.7 Å². The van der Waals surface area contributed by atoms with Gasteiger partial charge in [-0.1, -0.05) is 57.0 Å². The van der Waals surface area contributed by atoms with E-state index in [0.717, 1.165) is 36.8 Å². The minimum atomic E-state index is -1.65. The van der Waals surface area contributed by atoms with E-state index in [9.17, 15) is 29.8 Å². The second-order valence-corrected chi connectivity index (χ2v) is 11.6. The summed E-state index contributed by atoms with van der Waals surface area (Å²) in [6, 6.07) is 15.2. The molecule has 37 heavy (non-hydrogen) atoms. The lowest BCUT2D eigenvalue weighted by atomic mass is 9.81. The van der Waals surface area contributed by atoms with Crippen LogP contribution in [-0.2, 0) is 16.0 Å². The van der Waals surface area contributed by atoms with Crippen molar-refractivity contribution in [2.45, 2.75) is 86.8 Å². The smallest absolute Gasteiger partial charge is 0.309 e. The molecule has 0 amide bonds. The van der Waals surface area contributed by atoms with Gasteiger partial charge in [0.15, 0.2) is 4.90 Å². The van der Waals surface area contributed by atoms with Gasteiger partial charge in [-0.2, -0.15) is 0 Å². The number of carboxylic acids is 1. The van der Waals surface area contributed by atoms with Crippen LogP contribution in [0.4, 0.5) is 0 Å². The number of aliphatic carboxylic acids is 1. The van der Waals surface area contributed by atoms with E-state index in [1.807, 2.05) is 24.3 Å². The first-order valence-electron chi connectivity index (χ1n) is 13.0. The molecule has 1 fully saturated rings. The minimum Gasteiger partial charge on any atom is -0.611 e. The lowest BCUT2D eigenvalue weighted by molar-refractivity contribution is -0.174. The molecule has 5 N–H and O–H groups in total. The Morgan fingerprint density at radius 1 is 1.11 bits per heavy atom. The van der Waals surface area contributed by atoms with Gasteiger partial charge in [-0.3, -0.25) is 10.1 Å². The average molecular weight is 532 g/mol. The Balaban J connectivity index is 1.69. The predicted octanol–water partition coefficient (Wildman–Crippen LogP) is 2.76. The van der Waals surface area contributed by atoms with Crippen LogP contribution in [0, 0.1) is 5.92 Å². The minimum absolute atomic E-state index is 0.168. The molecule has 0 spiro atoms. The van der Waals surface area contributed by atoms with Crippen LogP contribution in [0.5, 0.6) is 5.75 Å². The van der Waals surface area contributed by atoms with Crippen molar-refractivity contribution in [3.63, 3.8) is 0 Å². The lowest BCUT2D eigenvalue weighted by Crippen LogP contribution is -2.57. The predicted molar refractivity (Wildman–Crippen MR) is 140 cm³/mol. The van der Waals surface area contributed by atoms with Crippen LogP contribution >= 0.6 is 0 Å². The second-order valence-electron chi connectivity index (χ2n) is 10.2. The highest BCUT2D eigenvalue weighted by atomic mass is 32.2. The average Bonchev–Trinajstić information content (AvgIpc) is 3.02. The molecule has 2 aromatic rings. The van der Waals surface area contributed by atoms with Gasteiger partial charge >= 0.3 is 5.97 Å². The molecule has 0 aromatic heterocycles. The summed E-state index contributed by atoms with van der Waals surface area (Å²) in [5, 5.41) is 44.0. The van der Waals surface area contributed by atoms with Crippen molar-refractivity contribution in [1.29, 1.82) is 0 Å². The van der Waals surface area contributed by atoms with Crippen molar-refractivity contribution < 1.29 is 34.5 Å². The van der Waals surface area contributed by atoms with Crippen LogP contribution in [0.1, 0.15) is 63.1 Å². The summed E-state index contributed by atoms with van der Waals surface area (Å²) < 4.78 is 19.7. The Hall–Kier alpha value is -2.14. The third-order valence-corrected chi connectivity index (χ3v) is 9.46. The third-order valence-electron chi connectivity index (χ3n) is 7.80. The van der Waals surface area contributed by atoms with E-state index < -0.39 is 47.5 Å². The number of unbranched alkanes of at least 4 members (excludes halogenated alkanes) is 1. The van der Waals surface area contributed by atoms with Crippen LogP contribution in [0.2, 0.25) is 0 Å². The van der Waals surface area contributed by atoms with E-state index >= 15 is 0 Å². The van der Waals surface area contributed by atoms with E-state index in [1.54, 1.807) is 12.1 Å². The van der Waals surface area contributed by atoms with Gasteiger partial charge in [0.1, 0.15) is 29.8 Å². The van der Waals surface area contributed by atoms with Gasteiger partial charge in [-0.25, -0.2) is 0 Å². The van der Waals surface area contributed by atoms with Crippen molar-refractivity contribution in [1.82, 2.24) is 5.32 Å². The van der Waals surface area contributed by atoms with Gasteiger partial charge in [0.2, 0.25) is 0 Å².